The van der Waals surface area contributed by atoms with E-state index in [0.29, 0.717) is 17.6 Å². The van der Waals surface area contributed by atoms with Gasteiger partial charge in [0.1, 0.15) is 13.5 Å². The summed E-state index contributed by atoms with van der Waals surface area (Å²) in [5.74, 6) is -0.382. The normalized spacial score (nSPS) is 27.8. The lowest BCUT2D eigenvalue weighted by Gasteiger charge is -2.46. The Bertz CT molecular complexity index is 823. The summed E-state index contributed by atoms with van der Waals surface area (Å²) in [4.78, 5) is 26.4. The predicted octanol–water partition coefficient (Wildman–Crippen LogP) is 4.06. The van der Waals surface area contributed by atoms with E-state index in [1.165, 1.54) is 0 Å². The molecule has 0 aliphatic heterocycles. The molecule has 3 nitrogen and oxygen atoms in total. The van der Waals surface area contributed by atoms with E-state index >= 15 is 0 Å². The highest BCUT2D eigenvalue weighted by atomic mass is 28.3. The van der Waals surface area contributed by atoms with Gasteiger partial charge in [-0.2, -0.15) is 5.26 Å². The van der Waals surface area contributed by atoms with Gasteiger partial charge in [0, 0.05) is 17.1 Å². The van der Waals surface area contributed by atoms with E-state index in [-0.39, 0.29) is 22.5 Å². The van der Waals surface area contributed by atoms with E-state index in [1.807, 2.05) is 43.9 Å². The van der Waals surface area contributed by atoms with Gasteiger partial charge in [-0.3, -0.25) is 4.79 Å². The third-order valence-corrected chi connectivity index (χ3v) is 7.33. The van der Waals surface area contributed by atoms with E-state index in [2.05, 4.69) is 19.9 Å². The fourth-order valence-corrected chi connectivity index (χ4v) is 5.49. The molecule has 0 N–H and O–H groups in total. The van der Waals surface area contributed by atoms with Crippen LogP contribution in [0, 0.1) is 22.7 Å². The average molecular weight is 337 g/mol. The fourth-order valence-electron chi connectivity index (χ4n) is 4.39. The van der Waals surface area contributed by atoms with Crippen molar-refractivity contribution in [2.24, 2.45) is 11.3 Å². The zero-order valence-electron chi connectivity index (χ0n) is 14.9. The van der Waals surface area contributed by atoms with E-state index in [0.717, 1.165) is 5.56 Å². The van der Waals surface area contributed by atoms with Crippen LogP contribution >= 0.6 is 0 Å². The number of carbonyl (C=O) groups excluding carboxylic acids is 2. The highest BCUT2D eigenvalue weighted by Gasteiger charge is 2.63. The van der Waals surface area contributed by atoms with E-state index in [4.69, 9.17) is 0 Å². The standard InChI is InChI=1S/C20H23NO2Si/c1-19(2)14-9-7-6-8-13(14)17(22)20(12-21)15(10-11-16(19)20)18(23)24(3,4)5/h6-10,16H,11H2,1-5H3/t16-,20-/m1/s1. The van der Waals surface area contributed by atoms with Gasteiger partial charge in [0.25, 0.3) is 0 Å². The first-order valence-electron chi connectivity index (χ1n) is 8.39. The van der Waals surface area contributed by atoms with Crippen molar-refractivity contribution in [1.29, 1.82) is 5.26 Å². The molecule has 0 bridgehead atoms. The second-order valence-corrected chi connectivity index (χ2v) is 13.5. The SMILES string of the molecule is CC1(C)c2ccccc2C(=O)[C@]2(C#N)C(C(=O)[Si](C)(C)C)=CC[C@H]12. The Morgan fingerprint density at radius 2 is 1.88 bits per heavy atom. The topological polar surface area (TPSA) is 57.9 Å². The summed E-state index contributed by atoms with van der Waals surface area (Å²) in [5.41, 5.74) is 0.382. The second kappa shape index (κ2) is 5.00. The molecule has 0 fully saturated rings. The molecule has 4 heteroatoms. The molecule has 0 heterocycles. The Labute approximate surface area is 144 Å². The summed E-state index contributed by atoms with van der Waals surface area (Å²) in [6, 6.07) is 9.85. The van der Waals surface area contributed by atoms with Crippen molar-refractivity contribution >= 4 is 19.3 Å². The van der Waals surface area contributed by atoms with Gasteiger partial charge in [-0.15, -0.1) is 0 Å². The van der Waals surface area contributed by atoms with Crippen LogP contribution in [0.2, 0.25) is 19.6 Å². The molecule has 2 aliphatic carbocycles. The third kappa shape index (κ3) is 1.94. The molecule has 24 heavy (non-hydrogen) atoms. The van der Waals surface area contributed by atoms with E-state index in [1.54, 1.807) is 6.07 Å². The van der Waals surface area contributed by atoms with Gasteiger partial charge >= 0.3 is 0 Å². The van der Waals surface area contributed by atoms with Crippen molar-refractivity contribution in [3.05, 3.63) is 47.0 Å². The van der Waals surface area contributed by atoms with E-state index < -0.39 is 13.5 Å². The van der Waals surface area contributed by atoms with Crippen LogP contribution in [0.4, 0.5) is 0 Å². The molecular weight excluding hydrogens is 314 g/mol. The van der Waals surface area contributed by atoms with Crippen molar-refractivity contribution in [3.63, 3.8) is 0 Å². The lowest BCUT2D eigenvalue weighted by Crippen LogP contribution is -2.53. The van der Waals surface area contributed by atoms with Gasteiger partial charge < -0.3 is 4.79 Å². The number of rotatable bonds is 2. The minimum absolute atomic E-state index is 0.0371. The molecule has 3 rings (SSSR count). The number of hydrogen-bond acceptors (Lipinski definition) is 3. The van der Waals surface area contributed by atoms with Crippen molar-refractivity contribution in [2.75, 3.05) is 0 Å². The highest BCUT2D eigenvalue weighted by molar-refractivity contribution is 7.05. The van der Waals surface area contributed by atoms with E-state index in [9.17, 15) is 14.9 Å². The van der Waals surface area contributed by atoms with Crippen LogP contribution < -0.4 is 0 Å². The Morgan fingerprint density at radius 1 is 1.25 bits per heavy atom. The minimum Gasteiger partial charge on any atom is -0.300 e. The van der Waals surface area contributed by atoms with Gasteiger partial charge in [-0.05, 0) is 17.4 Å². The lowest BCUT2D eigenvalue weighted by atomic mass is 9.53. The number of nitriles is 1. The highest BCUT2D eigenvalue weighted by Crippen LogP contribution is 2.58. The summed E-state index contributed by atoms with van der Waals surface area (Å²) < 4.78 is 0. The number of nitrogens with zero attached hydrogens (tertiary/aromatic N) is 1. The van der Waals surface area contributed by atoms with Crippen molar-refractivity contribution < 1.29 is 9.59 Å². The van der Waals surface area contributed by atoms with Gasteiger partial charge in [0.05, 0.1) is 6.07 Å². The zero-order valence-corrected chi connectivity index (χ0v) is 15.9. The summed E-state index contributed by atoms with van der Waals surface area (Å²) in [6.07, 6.45) is 2.48. The fraction of sp³-hybridized carbons (Fsp3) is 0.450. The predicted molar refractivity (Wildman–Crippen MR) is 96.4 cm³/mol. The third-order valence-electron chi connectivity index (χ3n) is 5.70. The van der Waals surface area contributed by atoms with Gasteiger partial charge in [-0.1, -0.05) is 63.8 Å². The number of hydrogen-bond donors (Lipinski definition) is 0. The van der Waals surface area contributed by atoms with Gasteiger partial charge in [0.2, 0.25) is 0 Å². The first-order valence-corrected chi connectivity index (χ1v) is 11.9. The molecule has 124 valence electrons. The van der Waals surface area contributed by atoms with Crippen LogP contribution in [0.1, 0.15) is 36.2 Å². The maximum Gasteiger partial charge on any atom is 0.188 e. The number of Topliss-reactive ketones (excluding diaryl/α,β-unsaturated/α-hetero) is 1. The Kier molecular flexibility index (Phi) is 3.51. The molecule has 0 spiro atoms. The number of carbonyl (C=O) groups is 2. The number of benzene rings is 1. The molecule has 2 atom stereocenters. The Balaban J connectivity index is 2.27. The number of allylic oxidation sites excluding steroid dienone is 2. The Morgan fingerprint density at radius 3 is 2.46 bits per heavy atom. The van der Waals surface area contributed by atoms with Gasteiger partial charge in [0.15, 0.2) is 11.2 Å². The summed E-state index contributed by atoms with van der Waals surface area (Å²) in [7, 11) is -2.14. The van der Waals surface area contributed by atoms with Gasteiger partial charge in [-0.25, -0.2) is 0 Å². The molecule has 0 unspecified atom stereocenters. The molecule has 2 aliphatic rings. The monoisotopic (exact) mass is 337 g/mol. The van der Waals surface area contributed by atoms with Crippen LogP contribution in [-0.4, -0.2) is 19.3 Å². The van der Waals surface area contributed by atoms with Crippen LogP contribution in [0.3, 0.4) is 0 Å². The van der Waals surface area contributed by atoms with Crippen molar-refractivity contribution in [3.8, 4) is 6.07 Å². The molecule has 0 saturated heterocycles. The molecule has 0 saturated carbocycles. The first kappa shape index (κ1) is 16.9. The van der Waals surface area contributed by atoms with Crippen LogP contribution in [-0.2, 0) is 10.2 Å². The molecular formula is C20H23NO2Si. The zero-order chi connectivity index (χ0) is 17.9. The number of ketones is 1. The smallest absolute Gasteiger partial charge is 0.188 e. The summed E-state index contributed by atoms with van der Waals surface area (Å²) >= 11 is 0. The quantitative estimate of drug-likeness (QED) is 0.765. The molecule has 1 aromatic carbocycles. The minimum atomic E-state index is -2.14. The van der Waals surface area contributed by atoms with Crippen LogP contribution in [0.25, 0.3) is 0 Å². The van der Waals surface area contributed by atoms with Crippen LogP contribution in [0.5, 0.6) is 0 Å². The lowest BCUT2D eigenvalue weighted by molar-refractivity contribution is -0.110. The largest absolute Gasteiger partial charge is 0.300 e. The molecule has 0 radical (unpaired) electrons. The van der Waals surface area contributed by atoms with Crippen molar-refractivity contribution in [1.82, 2.24) is 0 Å². The second-order valence-electron chi connectivity index (χ2n) is 8.50. The van der Waals surface area contributed by atoms with Crippen LogP contribution in [0.15, 0.2) is 35.9 Å². The number of fused-ring (bicyclic) bond motifs is 2. The summed E-state index contributed by atoms with van der Waals surface area (Å²) in [5, 5.41) is 10.2. The Hall–Kier alpha value is -1.99. The van der Waals surface area contributed by atoms with Crippen molar-refractivity contribution in [2.45, 2.75) is 45.3 Å². The first-order chi connectivity index (χ1) is 11.1. The maximum absolute atomic E-state index is 13.4. The molecule has 0 amide bonds. The maximum atomic E-state index is 13.4. The molecule has 0 aromatic heterocycles. The average Bonchev–Trinajstić information content (AvgIpc) is 2.93. The summed E-state index contributed by atoms with van der Waals surface area (Å²) in [6.45, 7) is 10.1. The molecule has 1 aromatic rings.